The Morgan fingerprint density at radius 2 is 1.80 bits per heavy atom. The number of carbonyl (C=O) groups excluding carboxylic acids is 1. The maximum atomic E-state index is 12.6. The van der Waals surface area contributed by atoms with Crippen LogP contribution >= 0.6 is 0 Å². The zero-order valence-corrected chi connectivity index (χ0v) is 26.3. The third-order valence-electron chi connectivity index (χ3n) is 12.2. The molecule has 0 unspecified atom stereocenters. The highest BCUT2D eigenvalue weighted by Crippen LogP contribution is 2.67. The van der Waals surface area contributed by atoms with Crippen LogP contribution in [0.1, 0.15) is 117 Å². The summed E-state index contributed by atoms with van der Waals surface area (Å²) in [5, 5.41) is 8.77. The van der Waals surface area contributed by atoms with Crippen molar-refractivity contribution in [2.75, 3.05) is 0 Å². The summed E-state index contributed by atoms with van der Waals surface area (Å²) in [6.07, 6.45) is 16.9. The lowest BCUT2D eigenvalue weighted by atomic mass is 9.47. The maximum Gasteiger partial charge on any atom is 0.514 e. The molecule has 1 aromatic carbocycles. The molecular formula is C37H53NO3. The van der Waals surface area contributed by atoms with E-state index < -0.39 is 6.16 Å². The first-order valence-electron chi connectivity index (χ1n) is 16.7. The number of rotatable bonds is 9. The van der Waals surface area contributed by atoms with Gasteiger partial charge in [0.25, 0.3) is 0 Å². The number of hydrogen-bond donors (Lipinski definition) is 0. The average molecular weight is 560 g/mol. The molecule has 1 aromatic rings. The van der Waals surface area contributed by atoms with Crippen molar-refractivity contribution in [2.45, 2.75) is 124 Å². The fraction of sp³-hybridized carbons (Fsp3) is 0.730. The van der Waals surface area contributed by atoms with E-state index in [1.54, 1.807) is 12.1 Å². The number of hydrogen-bond acceptors (Lipinski definition) is 4. The van der Waals surface area contributed by atoms with Crippen molar-refractivity contribution in [3.8, 4) is 11.8 Å². The molecule has 224 valence electrons. The molecule has 0 aliphatic heterocycles. The number of nitrogens with zero attached hydrogens (tertiary/aromatic N) is 1. The van der Waals surface area contributed by atoms with E-state index in [1.807, 2.05) is 12.1 Å². The second-order valence-corrected chi connectivity index (χ2v) is 14.9. The van der Waals surface area contributed by atoms with E-state index >= 15 is 0 Å². The standard InChI is InChI=1S/C37H53NO3/c1-25(2)8-6-9-26(3)32-17-18-33-31-16-13-28-24-30(19-21-36(28,4)34(31)20-22-37(32,33)5)41-35(39)40-29-14-11-27(12-15-29)10-7-23-38/h11-15,25-26,30-34H,6-10,16-22,24H2,1-5H3/t26-,30-,31+,32-,33+,34+,36-,37-/m0/s1. The van der Waals surface area contributed by atoms with E-state index in [2.05, 4.69) is 46.8 Å². The second kappa shape index (κ2) is 12.5. The summed E-state index contributed by atoms with van der Waals surface area (Å²) in [4.78, 5) is 12.6. The van der Waals surface area contributed by atoms with Gasteiger partial charge in [0.2, 0.25) is 0 Å². The lowest BCUT2D eigenvalue weighted by Gasteiger charge is -2.58. The van der Waals surface area contributed by atoms with Gasteiger partial charge in [-0.25, -0.2) is 4.79 Å². The molecule has 4 heteroatoms. The van der Waals surface area contributed by atoms with Gasteiger partial charge in [0, 0.05) is 12.8 Å². The van der Waals surface area contributed by atoms with Crippen LogP contribution in [0.25, 0.3) is 0 Å². The molecule has 3 saturated carbocycles. The van der Waals surface area contributed by atoms with Crippen LogP contribution in [-0.2, 0) is 11.2 Å². The SMILES string of the molecule is CC(C)CCC[C@H](C)[C@@H]1CC[C@@H]2[C@H]3CC=C4C[C@@H](OC(=O)Oc5ccc(CCC#N)cc5)CC[C@]4(C)[C@@H]3CC[C@]21C. The molecule has 0 radical (unpaired) electrons. The quantitative estimate of drug-likeness (QED) is 0.172. The molecule has 3 fully saturated rings. The Morgan fingerprint density at radius 1 is 1.02 bits per heavy atom. The summed E-state index contributed by atoms with van der Waals surface area (Å²) in [6.45, 7) is 12.5. The minimum absolute atomic E-state index is 0.107. The molecule has 8 atom stereocenters. The highest BCUT2D eigenvalue weighted by molar-refractivity contribution is 5.64. The predicted molar refractivity (Wildman–Crippen MR) is 164 cm³/mol. The molecule has 0 aromatic heterocycles. The van der Waals surface area contributed by atoms with Crippen LogP contribution in [-0.4, -0.2) is 12.3 Å². The lowest BCUT2D eigenvalue weighted by molar-refractivity contribution is -0.0597. The van der Waals surface area contributed by atoms with Gasteiger partial charge in [-0.2, -0.15) is 5.26 Å². The van der Waals surface area contributed by atoms with Gasteiger partial charge < -0.3 is 9.47 Å². The van der Waals surface area contributed by atoms with Crippen LogP contribution in [0.4, 0.5) is 4.79 Å². The number of aryl methyl sites for hydroxylation is 1. The summed E-state index contributed by atoms with van der Waals surface area (Å²) >= 11 is 0. The monoisotopic (exact) mass is 559 g/mol. The number of benzene rings is 1. The normalized spacial score (nSPS) is 35.0. The Hall–Kier alpha value is -2.28. The first kappa shape index (κ1) is 30.2. The van der Waals surface area contributed by atoms with Crippen molar-refractivity contribution in [3.63, 3.8) is 0 Å². The third-order valence-corrected chi connectivity index (χ3v) is 12.2. The summed E-state index contributed by atoms with van der Waals surface area (Å²) in [5.41, 5.74) is 3.35. The Morgan fingerprint density at radius 3 is 2.54 bits per heavy atom. The van der Waals surface area contributed by atoms with Gasteiger partial charge >= 0.3 is 6.16 Å². The fourth-order valence-electron chi connectivity index (χ4n) is 9.93. The van der Waals surface area contributed by atoms with Crippen molar-refractivity contribution in [2.24, 2.45) is 46.3 Å². The van der Waals surface area contributed by atoms with Crippen LogP contribution in [0.5, 0.6) is 5.75 Å². The zero-order chi connectivity index (χ0) is 29.2. The maximum absolute atomic E-state index is 12.6. The molecule has 4 aliphatic rings. The van der Waals surface area contributed by atoms with Crippen molar-refractivity contribution in [1.82, 2.24) is 0 Å². The minimum atomic E-state index is -0.606. The van der Waals surface area contributed by atoms with E-state index in [1.165, 1.54) is 56.9 Å². The van der Waals surface area contributed by atoms with Crippen LogP contribution in [0.2, 0.25) is 0 Å². The van der Waals surface area contributed by atoms with Gasteiger partial charge in [-0.1, -0.05) is 77.7 Å². The largest absolute Gasteiger partial charge is 0.514 e. The van der Waals surface area contributed by atoms with Gasteiger partial charge in [0.15, 0.2) is 0 Å². The second-order valence-electron chi connectivity index (χ2n) is 14.9. The van der Waals surface area contributed by atoms with Gasteiger partial charge in [0.05, 0.1) is 6.07 Å². The van der Waals surface area contributed by atoms with E-state index in [9.17, 15) is 4.79 Å². The number of carbonyl (C=O) groups is 1. The molecule has 0 amide bonds. The minimum Gasteiger partial charge on any atom is -0.430 e. The number of fused-ring (bicyclic) bond motifs is 5. The van der Waals surface area contributed by atoms with Gasteiger partial charge in [-0.15, -0.1) is 0 Å². The molecule has 0 bridgehead atoms. The van der Waals surface area contributed by atoms with Crippen LogP contribution in [0.15, 0.2) is 35.9 Å². The zero-order valence-electron chi connectivity index (χ0n) is 26.3. The highest BCUT2D eigenvalue weighted by atomic mass is 16.7. The highest BCUT2D eigenvalue weighted by Gasteiger charge is 2.59. The van der Waals surface area contributed by atoms with E-state index in [4.69, 9.17) is 14.7 Å². The number of ether oxygens (including phenoxy) is 2. The van der Waals surface area contributed by atoms with E-state index in [0.717, 1.165) is 60.3 Å². The lowest BCUT2D eigenvalue weighted by Crippen LogP contribution is -2.51. The van der Waals surface area contributed by atoms with Gasteiger partial charge in [0.1, 0.15) is 11.9 Å². The molecule has 0 heterocycles. The number of nitriles is 1. The molecule has 41 heavy (non-hydrogen) atoms. The average Bonchev–Trinajstić information content (AvgIpc) is 3.30. The van der Waals surface area contributed by atoms with Crippen molar-refractivity contribution >= 4 is 6.16 Å². The molecular weight excluding hydrogens is 506 g/mol. The van der Waals surface area contributed by atoms with Crippen molar-refractivity contribution < 1.29 is 14.3 Å². The molecule has 4 nitrogen and oxygen atoms in total. The van der Waals surface area contributed by atoms with Gasteiger partial charge in [-0.05, 0) is 115 Å². The Kier molecular flexibility index (Phi) is 9.22. The van der Waals surface area contributed by atoms with Gasteiger partial charge in [-0.3, -0.25) is 0 Å². The Bertz CT molecular complexity index is 1130. The predicted octanol–water partition coefficient (Wildman–Crippen LogP) is 10.1. The Balaban J connectivity index is 1.18. The molecule has 0 N–H and O–H groups in total. The summed E-state index contributed by atoms with van der Waals surface area (Å²) < 4.78 is 11.3. The van der Waals surface area contributed by atoms with Crippen molar-refractivity contribution in [3.05, 3.63) is 41.5 Å². The molecule has 5 rings (SSSR count). The smallest absolute Gasteiger partial charge is 0.430 e. The third kappa shape index (κ3) is 6.25. The summed E-state index contributed by atoms with van der Waals surface area (Å²) in [6, 6.07) is 9.55. The number of allylic oxidation sites excluding steroid dienone is 1. The van der Waals surface area contributed by atoms with Crippen LogP contribution in [0.3, 0.4) is 0 Å². The first-order valence-corrected chi connectivity index (χ1v) is 16.7. The molecule has 0 spiro atoms. The fourth-order valence-corrected chi connectivity index (χ4v) is 9.93. The van der Waals surface area contributed by atoms with Crippen molar-refractivity contribution in [1.29, 1.82) is 5.26 Å². The van der Waals surface area contributed by atoms with Crippen LogP contribution in [0, 0.1) is 57.7 Å². The molecule has 4 aliphatic carbocycles. The van der Waals surface area contributed by atoms with E-state index in [0.29, 0.717) is 24.0 Å². The molecule has 0 saturated heterocycles. The van der Waals surface area contributed by atoms with Crippen LogP contribution < -0.4 is 4.74 Å². The topological polar surface area (TPSA) is 59.3 Å². The summed E-state index contributed by atoms with van der Waals surface area (Å²) in [7, 11) is 0. The first-order chi connectivity index (χ1) is 19.6. The Labute approximate surface area is 249 Å². The summed E-state index contributed by atoms with van der Waals surface area (Å²) in [5.74, 6) is 5.49. The van der Waals surface area contributed by atoms with E-state index in [-0.39, 0.29) is 11.5 Å².